The third-order valence-corrected chi connectivity index (χ3v) is 11.9. The van der Waals surface area contributed by atoms with Gasteiger partial charge in [0, 0.05) is 0 Å². The van der Waals surface area contributed by atoms with Crippen LogP contribution in [0, 0.1) is 12.3 Å². The molecule has 0 unspecified atom stereocenters. The van der Waals surface area contributed by atoms with E-state index in [1.807, 2.05) is 30.3 Å². The summed E-state index contributed by atoms with van der Waals surface area (Å²) in [6.07, 6.45) is 6.69. The van der Waals surface area contributed by atoms with Gasteiger partial charge in [-0.15, -0.1) is 17.7 Å². The van der Waals surface area contributed by atoms with Gasteiger partial charge in [0.2, 0.25) is 0 Å². The monoisotopic (exact) mass is 766 g/mol. The summed E-state index contributed by atoms with van der Waals surface area (Å²) in [7, 11) is 3.60. The van der Waals surface area contributed by atoms with Crippen molar-refractivity contribution in [3.8, 4) is 5.92 Å². The van der Waals surface area contributed by atoms with Crippen molar-refractivity contribution >= 4 is 57.2 Å². The first-order valence-electron chi connectivity index (χ1n) is 15.3. The Kier molecular flexibility index (Phi) is 16.6. The molecule has 0 aliphatic heterocycles. The predicted octanol–water partition coefficient (Wildman–Crippen LogP) is 9.20. The van der Waals surface area contributed by atoms with E-state index in [0.717, 1.165) is 5.56 Å². The molecule has 7 rings (SSSR count). The Morgan fingerprint density at radius 2 is 0.479 bits per heavy atom. The van der Waals surface area contributed by atoms with E-state index in [1.165, 1.54) is 31.8 Å². The normalized spacial score (nSPS) is 9.83. The number of rotatable bonds is 6. The average molecular weight is 768 g/mol. The Morgan fingerprint density at radius 3 is 0.625 bits per heavy atom. The van der Waals surface area contributed by atoms with Crippen LogP contribution in [0.4, 0.5) is 0 Å². The molecule has 4 heteroatoms. The number of benzene rings is 7. The maximum atomic E-state index is 6.69. The van der Waals surface area contributed by atoms with Crippen LogP contribution in [0.5, 0.6) is 0 Å². The molecule has 0 amide bonds. The number of halogens is 1. The number of hydrogen-bond donors (Lipinski definition) is 0. The second kappa shape index (κ2) is 21.7. The molecule has 0 spiro atoms. The molecule has 48 heavy (non-hydrogen) atoms. The average Bonchev–Trinajstić information content (AvgIpc) is 3.19. The van der Waals surface area contributed by atoms with E-state index >= 15 is 0 Å². The molecule has 0 aromatic heterocycles. The molecule has 0 radical (unpaired) electrons. The summed E-state index contributed by atoms with van der Waals surface area (Å²) < 4.78 is 0. The Hall–Kier alpha value is -4.09. The maximum Gasteiger partial charge on any atom is -0.0134 e. The second-order valence-corrected chi connectivity index (χ2v) is 14.6. The molecule has 0 heterocycles. The smallest absolute Gasteiger partial charge is 0.0134 e. The van der Waals surface area contributed by atoms with Crippen LogP contribution >= 0.6 is 25.4 Å². The Bertz CT molecular complexity index is 1560. The van der Waals surface area contributed by atoms with Gasteiger partial charge in [-0.3, -0.25) is 5.92 Å². The van der Waals surface area contributed by atoms with Crippen LogP contribution in [0.25, 0.3) is 0 Å². The summed E-state index contributed by atoms with van der Waals surface area (Å²) in [4.78, 5) is 0. The summed E-state index contributed by atoms with van der Waals surface area (Å²) in [6.45, 7) is 0. The zero-order valence-corrected chi connectivity index (χ0v) is 30.4. The van der Waals surface area contributed by atoms with E-state index in [4.69, 9.17) is 6.42 Å². The van der Waals surface area contributed by atoms with Crippen LogP contribution < -0.4 is 31.8 Å². The SMILES string of the molecule is [C-]#Cc1ccccc1.[Cl][Pd+].c1ccc(P(c2ccccc2)c2ccccc2)cc1.c1ccc(P(c2ccccc2)c2ccccc2)cc1. The van der Waals surface area contributed by atoms with Crippen molar-refractivity contribution in [3.05, 3.63) is 224 Å². The minimum absolute atomic E-state index is 0.446. The van der Waals surface area contributed by atoms with Gasteiger partial charge >= 0.3 is 27.7 Å². The zero-order valence-electron chi connectivity index (χ0n) is 26.3. The molecule has 7 aromatic carbocycles. The first kappa shape index (κ1) is 36.7. The minimum Gasteiger partial charge on any atom is -0.0622 e. The van der Waals surface area contributed by atoms with Gasteiger partial charge in [-0.2, -0.15) is 0 Å². The largest absolute Gasteiger partial charge is 0.0622 e. The van der Waals surface area contributed by atoms with Crippen LogP contribution in [0.3, 0.4) is 0 Å². The van der Waals surface area contributed by atoms with Crippen molar-refractivity contribution in [2.45, 2.75) is 0 Å². The van der Waals surface area contributed by atoms with E-state index in [0.29, 0.717) is 0 Å². The van der Waals surface area contributed by atoms with Gasteiger partial charge in [-0.1, -0.05) is 200 Å². The van der Waals surface area contributed by atoms with E-state index in [1.54, 1.807) is 0 Å². The van der Waals surface area contributed by atoms with E-state index < -0.39 is 15.8 Å². The molecule has 0 atom stereocenters. The van der Waals surface area contributed by atoms with E-state index in [-0.39, 0.29) is 0 Å². The fourth-order valence-electron chi connectivity index (χ4n) is 4.88. The third kappa shape index (κ3) is 11.6. The fourth-order valence-corrected chi connectivity index (χ4v) is 9.49. The molecular formula is C44H35ClP2Pd. The van der Waals surface area contributed by atoms with Crippen LogP contribution in [0.2, 0.25) is 0 Å². The maximum absolute atomic E-state index is 6.69. The minimum atomic E-state index is -0.446. The van der Waals surface area contributed by atoms with Crippen molar-refractivity contribution in [2.24, 2.45) is 0 Å². The molecule has 7 aromatic rings. The van der Waals surface area contributed by atoms with E-state index in [2.05, 4.69) is 216 Å². The molecule has 0 N–H and O–H groups in total. The van der Waals surface area contributed by atoms with Crippen molar-refractivity contribution in [3.63, 3.8) is 0 Å². The van der Waals surface area contributed by atoms with Crippen molar-refractivity contribution < 1.29 is 18.2 Å². The fraction of sp³-hybridized carbons (Fsp3) is 0. The Balaban J connectivity index is 0.000000170. The van der Waals surface area contributed by atoms with Crippen molar-refractivity contribution in [2.75, 3.05) is 0 Å². The van der Waals surface area contributed by atoms with E-state index in [9.17, 15) is 0 Å². The molecule has 0 nitrogen and oxygen atoms in total. The standard InChI is InChI=1S/2C18H15P.C8H5.ClH.Pd/c2*1-4-10-16(11-5-1)19(17-12-6-2-7-13-17)18-14-8-3-9-15-18;1-2-8-6-4-3-5-7-8;;/h2*1-15H;3-7H;1H;/q;;-1;;+2/p-1. The number of hydrogen-bond acceptors (Lipinski definition) is 0. The quantitative estimate of drug-likeness (QED) is 0.0686. The molecule has 0 aliphatic rings. The Morgan fingerprint density at radius 1 is 0.312 bits per heavy atom. The van der Waals surface area contributed by atoms with Crippen LogP contribution in [0.1, 0.15) is 5.56 Å². The Labute approximate surface area is 303 Å². The first-order valence-corrected chi connectivity index (χ1v) is 20.0. The summed E-state index contributed by atoms with van der Waals surface area (Å²) in [5.74, 6) is 2.28. The molecule has 0 saturated heterocycles. The molecule has 238 valence electrons. The summed E-state index contributed by atoms with van der Waals surface area (Å²) in [5.41, 5.74) is 0.826. The summed E-state index contributed by atoms with van der Waals surface area (Å²) in [5, 5.41) is 8.39. The van der Waals surface area contributed by atoms with Crippen molar-refractivity contribution in [1.82, 2.24) is 0 Å². The van der Waals surface area contributed by atoms with Gasteiger partial charge in [0.15, 0.2) is 0 Å². The molecular weight excluding hydrogens is 732 g/mol. The molecule has 0 saturated carbocycles. The summed E-state index contributed by atoms with van der Waals surface area (Å²) in [6, 6.07) is 74.0. The predicted molar refractivity (Wildman–Crippen MR) is 209 cm³/mol. The molecule has 0 aliphatic carbocycles. The molecule has 0 bridgehead atoms. The third-order valence-electron chi connectivity index (χ3n) is 7.00. The van der Waals surface area contributed by atoms with Gasteiger partial charge in [0.05, 0.1) is 0 Å². The van der Waals surface area contributed by atoms with Crippen LogP contribution in [-0.2, 0) is 18.2 Å². The van der Waals surface area contributed by atoms with Gasteiger partial charge in [0.1, 0.15) is 0 Å². The van der Waals surface area contributed by atoms with Crippen LogP contribution in [0.15, 0.2) is 212 Å². The molecule has 0 fully saturated rings. The van der Waals surface area contributed by atoms with Crippen LogP contribution in [-0.4, -0.2) is 0 Å². The van der Waals surface area contributed by atoms with Gasteiger partial charge in [0.25, 0.3) is 0 Å². The second-order valence-electron chi connectivity index (χ2n) is 10.2. The summed E-state index contributed by atoms with van der Waals surface area (Å²) >= 11 is 2.22. The first-order chi connectivity index (χ1) is 23.8. The van der Waals surface area contributed by atoms with Gasteiger partial charge < -0.3 is 6.42 Å². The van der Waals surface area contributed by atoms with Crippen molar-refractivity contribution in [1.29, 1.82) is 0 Å². The van der Waals surface area contributed by atoms with Gasteiger partial charge in [-0.05, 0) is 47.7 Å². The topological polar surface area (TPSA) is 0 Å². The zero-order chi connectivity index (χ0) is 33.7. The van der Waals surface area contributed by atoms with Gasteiger partial charge in [-0.25, -0.2) is 0 Å².